The van der Waals surface area contributed by atoms with E-state index in [1.54, 1.807) is 0 Å². The zero-order chi connectivity index (χ0) is 12.7. The second-order valence-corrected chi connectivity index (χ2v) is 4.61. The largest absolute Gasteiger partial charge is 0.389 e. The fourth-order valence-electron chi connectivity index (χ4n) is 2.22. The minimum absolute atomic E-state index is 0.0336. The maximum absolute atomic E-state index is 12.2. The second-order valence-electron chi connectivity index (χ2n) is 4.61. The third-order valence-corrected chi connectivity index (χ3v) is 3.19. The van der Waals surface area contributed by atoms with Crippen molar-refractivity contribution in [1.82, 2.24) is 5.43 Å². The zero-order valence-corrected chi connectivity index (χ0v) is 10.0. The van der Waals surface area contributed by atoms with Gasteiger partial charge in [-0.1, -0.05) is 24.5 Å². The summed E-state index contributed by atoms with van der Waals surface area (Å²) in [6.45, 7) is 0. The highest BCUT2D eigenvalue weighted by molar-refractivity contribution is 5.11. The SMILES string of the molecule is NNC(CCC(F)(F)F)C1=CCCCCCC1. The summed E-state index contributed by atoms with van der Waals surface area (Å²) in [7, 11) is 0. The van der Waals surface area contributed by atoms with Crippen molar-refractivity contribution in [2.24, 2.45) is 5.84 Å². The number of rotatable bonds is 4. The van der Waals surface area contributed by atoms with Gasteiger partial charge in [-0.25, -0.2) is 0 Å². The van der Waals surface area contributed by atoms with Gasteiger partial charge in [0.2, 0.25) is 0 Å². The van der Waals surface area contributed by atoms with E-state index in [4.69, 9.17) is 5.84 Å². The summed E-state index contributed by atoms with van der Waals surface area (Å²) >= 11 is 0. The maximum atomic E-state index is 12.2. The lowest BCUT2D eigenvalue weighted by molar-refractivity contribution is -0.136. The zero-order valence-electron chi connectivity index (χ0n) is 10.0. The molecular formula is C12H21F3N2. The van der Waals surface area contributed by atoms with Crippen molar-refractivity contribution in [1.29, 1.82) is 0 Å². The molecule has 0 fully saturated rings. The molecule has 0 amide bonds. The quantitative estimate of drug-likeness (QED) is 0.455. The molecule has 1 atom stereocenters. The van der Waals surface area contributed by atoms with Crippen molar-refractivity contribution in [3.05, 3.63) is 11.6 Å². The van der Waals surface area contributed by atoms with Gasteiger partial charge in [0.15, 0.2) is 0 Å². The minimum atomic E-state index is -4.10. The van der Waals surface area contributed by atoms with Crippen LogP contribution in [0.25, 0.3) is 0 Å². The van der Waals surface area contributed by atoms with Gasteiger partial charge in [-0.3, -0.25) is 11.3 Å². The highest BCUT2D eigenvalue weighted by Gasteiger charge is 2.28. The summed E-state index contributed by atoms with van der Waals surface area (Å²) in [5, 5.41) is 0. The molecule has 1 rings (SSSR count). The van der Waals surface area contributed by atoms with E-state index in [2.05, 4.69) is 11.5 Å². The van der Waals surface area contributed by atoms with Gasteiger partial charge in [0, 0.05) is 12.5 Å². The van der Waals surface area contributed by atoms with Crippen LogP contribution in [0.1, 0.15) is 51.4 Å². The first-order valence-corrected chi connectivity index (χ1v) is 6.25. The van der Waals surface area contributed by atoms with Crippen molar-refractivity contribution in [3.8, 4) is 0 Å². The van der Waals surface area contributed by atoms with Crippen LogP contribution >= 0.6 is 0 Å². The molecule has 5 heteroatoms. The van der Waals surface area contributed by atoms with Gasteiger partial charge in [0.05, 0.1) is 0 Å². The number of alkyl halides is 3. The van der Waals surface area contributed by atoms with Gasteiger partial charge in [-0.05, 0) is 32.1 Å². The third kappa shape index (κ3) is 6.07. The van der Waals surface area contributed by atoms with E-state index >= 15 is 0 Å². The molecule has 1 aliphatic rings. The Morgan fingerprint density at radius 1 is 1.24 bits per heavy atom. The maximum Gasteiger partial charge on any atom is 0.389 e. The Bertz CT molecular complexity index is 249. The predicted octanol–water partition coefficient (Wildman–Crippen LogP) is 3.44. The van der Waals surface area contributed by atoms with Gasteiger partial charge in [0.1, 0.15) is 0 Å². The van der Waals surface area contributed by atoms with Gasteiger partial charge in [-0.2, -0.15) is 13.2 Å². The smallest absolute Gasteiger partial charge is 0.271 e. The van der Waals surface area contributed by atoms with E-state index in [-0.39, 0.29) is 12.5 Å². The molecule has 100 valence electrons. The minimum Gasteiger partial charge on any atom is -0.271 e. The summed E-state index contributed by atoms with van der Waals surface area (Å²) in [6.07, 6.45) is 3.60. The van der Waals surface area contributed by atoms with E-state index in [0.29, 0.717) is 0 Å². The molecule has 0 aromatic heterocycles. The van der Waals surface area contributed by atoms with Gasteiger partial charge >= 0.3 is 6.18 Å². The van der Waals surface area contributed by atoms with E-state index in [1.807, 2.05) is 0 Å². The van der Waals surface area contributed by atoms with E-state index < -0.39 is 12.6 Å². The molecule has 2 nitrogen and oxygen atoms in total. The Hall–Kier alpha value is -0.550. The average Bonchev–Trinajstić information content (AvgIpc) is 2.19. The number of hydrogen-bond donors (Lipinski definition) is 2. The van der Waals surface area contributed by atoms with Crippen LogP contribution in [0.2, 0.25) is 0 Å². The number of hydrogen-bond acceptors (Lipinski definition) is 2. The molecular weight excluding hydrogens is 229 g/mol. The molecule has 0 bridgehead atoms. The fraction of sp³-hybridized carbons (Fsp3) is 0.833. The number of hydrazine groups is 1. The molecule has 0 saturated heterocycles. The first kappa shape index (κ1) is 14.5. The molecule has 1 unspecified atom stereocenters. The molecule has 0 spiro atoms. The third-order valence-electron chi connectivity index (χ3n) is 3.19. The first-order valence-electron chi connectivity index (χ1n) is 6.25. The number of halogens is 3. The van der Waals surface area contributed by atoms with Crippen LogP contribution < -0.4 is 11.3 Å². The standard InChI is InChI=1S/C12H21F3N2/c13-12(14,15)9-8-11(17-16)10-6-4-2-1-3-5-7-10/h6,11,17H,1-5,7-9,16H2. The molecule has 3 N–H and O–H groups in total. The molecule has 0 aromatic rings. The summed E-state index contributed by atoms with van der Waals surface area (Å²) in [5.74, 6) is 5.36. The highest BCUT2D eigenvalue weighted by atomic mass is 19.4. The van der Waals surface area contributed by atoms with E-state index in [0.717, 1.165) is 37.7 Å². The average molecular weight is 250 g/mol. The van der Waals surface area contributed by atoms with Crippen molar-refractivity contribution in [3.63, 3.8) is 0 Å². The normalized spacial score (nSPS) is 20.4. The highest BCUT2D eigenvalue weighted by Crippen LogP contribution is 2.26. The predicted molar refractivity (Wildman–Crippen MR) is 62.2 cm³/mol. The van der Waals surface area contributed by atoms with Crippen LogP contribution in [0.3, 0.4) is 0 Å². The Labute approximate surface area is 100 Å². The Morgan fingerprint density at radius 3 is 2.59 bits per heavy atom. The lowest BCUT2D eigenvalue weighted by Gasteiger charge is -2.22. The van der Waals surface area contributed by atoms with Gasteiger partial charge in [-0.15, -0.1) is 0 Å². The van der Waals surface area contributed by atoms with E-state index in [9.17, 15) is 13.2 Å². The summed E-state index contributed by atoms with van der Waals surface area (Å²) in [5.41, 5.74) is 3.58. The Morgan fingerprint density at radius 2 is 1.94 bits per heavy atom. The van der Waals surface area contributed by atoms with Crippen molar-refractivity contribution < 1.29 is 13.2 Å². The summed E-state index contributed by atoms with van der Waals surface area (Å²) < 4.78 is 36.5. The molecule has 0 heterocycles. The molecule has 0 aliphatic heterocycles. The lowest BCUT2D eigenvalue weighted by atomic mass is 9.93. The molecule has 0 radical (unpaired) electrons. The molecule has 1 aliphatic carbocycles. The van der Waals surface area contributed by atoms with Crippen LogP contribution in [0.5, 0.6) is 0 Å². The number of allylic oxidation sites excluding steroid dienone is 1. The molecule has 0 saturated carbocycles. The monoisotopic (exact) mass is 250 g/mol. The van der Waals surface area contributed by atoms with Crippen LogP contribution in [-0.4, -0.2) is 12.2 Å². The Kier molecular flexibility index (Phi) is 5.98. The van der Waals surface area contributed by atoms with E-state index in [1.165, 1.54) is 6.42 Å². The molecule has 17 heavy (non-hydrogen) atoms. The molecule has 0 aromatic carbocycles. The van der Waals surface area contributed by atoms with Crippen LogP contribution in [0.15, 0.2) is 11.6 Å². The van der Waals surface area contributed by atoms with Crippen LogP contribution in [0.4, 0.5) is 13.2 Å². The van der Waals surface area contributed by atoms with Crippen LogP contribution in [0, 0.1) is 0 Å². The lowest BCUT2D eigenvalue weighted by Crippen LogP contribution is -2.37. The van der Waals surface area contributed by atoms with Crippen molar-refractivity contribution >= 4 is 0 Å². The fourth-order valence-corrected chi connectivity index (χ4v) is 2.22. The first-order chi connectivity index (χ1) is 8.03. The second kappa shape index (κ2) is 7.01. The van der Waals surface area contributed by atoms with Gasteiger partial charge < -0.3 is 0 Å². The van der Waals surface area contributed by atoms with Gasteiger partial charge in [0.25, 0.3) is 0 Å². The van der Waals surface area contributed by atoms with Crippen LogP contribution in [-0.2, 0) is 0 Å². The summed E-state index contributed by atoms with van der Waals surface area (Å²) in [6, 6.07) is -0.324. The summed E-state index contributed by atoms with van der Waals surface area (Å²) in [4.78, 5) is 0. The topological polar surface area (TPSA) is 38.0 Å². The van der Waals surface area contributed by atoms with Crippen molar-refractivity contribution in [2.75, 3.05) is 0 Å². The number of nitrogens with one attached hydrogen (secondary N) is 1. The van der Waals surface area contributed by atoms with Crippen molar-refractivity contribution in [2.45, 2.75) is 63.6 Å². The Balaban J connectivity index is 2.52. The number of nitrogens with two attached hydrogens (primary N) is 1.